The van der Waals surface area contributed by atoms with Crippen molar-refractivity contribution < 1.29 is 4.79 Å². The van der Waals surface area contributed by atoms with Crippen molar-refractivity contribution in [1.29, 1.82) is 0 Å². The first-order chi connectivity index (χ1) is 15.5. The Labute approximate surface area is 196 Å². The molecule has 0 aliphatic heterocycles. The van der Waals surface area contributed by atoms with Crippen molar-refractivity contribution in [3.05, 3.63) is 94.5 Å². The van der Waals surface area contributed by atoms with Crippen molar-refractivity contribution in [2.24, 2.45) is 0 Å². The molecule has 4 aromatic rings. The number of amides is 1. The summed E-state index contributed by atoms with van der Waals surface area (Å²) in [6.07, 6.45) is 0. The molecule has 0 bridgehead atoms. The van der Waals surface area contributed by atoms with E-state index in [1.807, 2.05) is 73.0 Å². The van der Waals surface area contributed by atoms with Gasteiger partial charge in [0.1, 0.15) is 0 Å². The van der Waals surface area contributed by atoms with Crippen LogP contribution in [0.2, 0.25) is 5.02 Å². The number of carbonyl (C=O) groups excluding carboxylic acids is 1. The van der Waals surface area contributed by atoms with Gasteiger partial charge in [-0.1, -0.05) is 83.5 Å². The molecule has 0 spiro atoms. The average Bonchev–Trinajstić information content (AvgIpc) is 3.17. The molecule has 1 aromatic heterocycles. The molecule has 162 valence electrons. The number of rotatable bonds is 7. The molecule has 0 atom stereocenters. The van der Waals surface area contributed by atoms with Crippen LogP contribution in [0.4, 0.5) is 5.69 Å². The van der Waals surface area contributed by atoms with Gasteiger partial charge in [0.15, 0.2) is 11.0 Å². The highest BCUT2D eigenvalue weighted by molar-refractivity contribution is 7.99. The van der Waals surface area contributed by atoms with E-state index in [1.165, 1.54) is 11.8 Å². The normalized spacial score (nSPS) is 10.8. The molecule has 1 amide bonds. The second-order valence-corrected chi connectivity index (χ2v) is 8.86. The first-order valence-corrected chi connectivity index (χ1v) is 11.6. The smallest absolute Gasteiger partial charge is 0.234 e. The quantitative estimate of drug-likeness (QED) is 0.342. The summed E-state index contributed by atoms with van der Waals surface area (Å²) in [7, 11) is 0. The highest BCUT2D eigenvalue weighted by Gasteiger charge is 2.18. The van der Waals surface area contributed by atoms with Crippen LogP contribution in [0.5, 0.6) is 0 Å². The van der Waals surface area contributed by atoms with Crippen LogP contribution in [0, 0.1) is 13.8 Å². The van der Waals surface area contributed by atoms with Gasteiger partial charge in [-0.15, -0.1) is 10.2 Å². The third kappa shape index (κ3) is 5.21. The van der Waals surface area contributed by atoms with Crippen LogP contribution in [0.25, 0.3) is 11.4 Å². The lowest BCUT2D eigenvalue weighted by molar-refractivity contribution is -0.113. The van der Waals surface area contributed by atoms with E-state index in [1.54, 1.807) is 0 Å². The highest BCUT2D eigenvalue weighted by Crippen LogP contribution is 2.30. The number of hydrogen-bond donors (Lipinski definition) is 1. The summed E-state index contributed by atoms with van der Waals surface area (Å²) in [6.45, 7) is 4.60. The number of hydrogen-bond acceptors (Lipinski definition) is 4. The van der Waals surface area contributed by atoms with Gasteiger partial charge >= 0.3 is 0 Å². The van der Waals surface area contributed by atoms with Crippen molar-refractivity contribution in [2.75, 3.05) is 11.1 Å². The van der Waals surface area contributed by atoms with Crippen molar-refractivity contribution in [2.45, 2.75) is 25.5 Å². The third-order valence-electron chi connectivity index (χ3n) is 5.00. The minimum atomic E-state index is -0.0875. The van der Waals surface area contributed by atoms with E-state index in [9.17, 15) is 4.79 Å². The molecule has 1 N–H and O–H groups in total. The molecule has 32 heavy (non-hydrogen) atoms. The second kappa shape index (κ2) is 10.0. The van der Waals surface area contributed by atoms with Gasteiger partial charge in [-0.25, -0.2) is 0 Å². The van der Waals surface area contributed by atoms with E-state index in [2.05, 4.69) is 33.7 Å². The van der Waals surface area contributed by atoms with Gasteiger partial charge in [0.05, 0.1) is 17.3 Å². The van der Waals surface area contributed by atoms with Crippen LogP contribution in [0.15, 0.2) is 78.0 Å². The lowest BCUT2D eigenvalue weighted by Gasteiger charge is -2.12. The predicted molar refractivity (Wildman–Crippen MR) is 131 cm³/mol. The summed E-state index contributed by atoms with van der Waals surface area (Å²) < 4.78 is 2.01. The molecule has 4 rings (SSSR count). The first kappa shape index (κ1) is 22.1. The minimum Gasteiger partial charge on any atom is -0.325 e. The Morgan fingerprint density at radius 1 is 1.00 bits per heavy atom. The van der Waals surface area contributed by atoms with E-state index < -0.39 is 0 Å². The topological polar surface area (TPSA) is 59.8 Å². The summed E-state index contributed by atoms with van der Waals surface area (Å²) in [4.78, 5) is 12.6. The minimum absolute atomic E-state index is 0.0875. The van der Waals surface area contributed by atoms with E-state index in [0.717, 1.165) is 27.9 Å². The maximum Gasteiger partial charge on any atom is 0.234 e. The van der Waals surface area contributed by atoms with Gasteiger partial charge in [0.2, 0.25) is 5.91 Å². The second-order valence-electron chi connectivity index (χ2n) is 7.51. The Kier molecular flexibility index (Phi) is 6.93. The highest BCUT2D eigenvalue weighted by atomic mass is 35.5. The summed E-state index contributed by atoms with van der Waals surface area (Å²) in [5, 5.41) is 13.0. The Hall–Kier alpha value is -3.09. The Morgan fingerprint density at radius 2 is 1.75 bits per heavy atom. The van der Waals surface area contributed by atoms with E-state index in [4.69, 9.17) is 11.6 Å². The number of carbonyl (C=O) groups is 1. The molecule has 0 saturated heterocycles. The molecule has 0 saturated carbocycles. The number of benzene rings is 3. The Bertz CT molecular complexity index is 1240. The molecular formula is C25H23ClN4OS. The van der Waals surface area contributed by atoms with Crippen LogP contribution >= 0.6 is 23.4 Å². The van der Waals surface area contributed by atoms with E-state index in [0.29, 0.717) is 22.5 Å². The van der Waals surface area contributed by atoms with Crippen LogP contribution in [0.3, 0.4) is 0 Å². The van der Waals surface area contributed by atoms with Crippen LogP contribution in [-0.2, 0) is 11.3 Å². The van der Waals surface area contributed by atoms with Gasteiger partial charge in [-0.3, -0.25) is 9.36 Å². The average molecular weight is 463 g/mol. The van der Waals surface area contributed by atoms with Gasteiger partial charge < -0.3 is 5.32 Å². The number of halogens is 1. The number of nitrogens with one attached hydrogen (secondary N) is 1. The van der Waals surface area contributed by atoms with Gasteiger partial charge in [0.25, 0.3) is 0 Å². The number of aryl methyl sites for hydroxylation is 2. The largest absolute Gasteiger partial charge is 0.325 e. The zero-order chi connectivity index (χ0) is 22.5. The number of thioether (sulfide) groups is 1. The first-order valence-electron chi connectivity index (χ1n) is 10.2. The zero-order valence-corrected chi connectivity index (χ0v) is 19.5. The Balaban J connectivity index is 1.56. The maximum absolute atomic E-state index is 12.6. The van der Waals surface area contributed by atoms with Crippen molar-refractivity contribution in [3.8, 4) is 11.4 Å². The molecule has 0 fully saturated rings. The molecule has 1 heterocycles. The molecule has 0 unspecified atom stereocenters. The summed E-state index contributed by atoms with van der Waals surface area (Å²) >= 11 is 7.79. The molecule has 3 aromatic carbocycles. The lowest BCUT2D eigenvalue weighted by Crippen LogP contribution is -2.15. The fraction of sp³-hybridized carbons (Fsp3) is 0.160. The number of anilines is 1. The summed E-state index contributed by atoms with van der Waals surface area (Å²) in [5.41, 5.74) is 4.95. The van der Waals surface area contributed by atoms with Crippen molar-refractivity contribution in [3.63, 3.8) is 0 Å². The van der Waals surface area contributed by atoms with E-state index in [-0.39, 0.29) is 11.7 Å². The SMILES string of the molecule is Cc1ccc(NC(=O)CSc2nnc(-c3ccccc3Cl)n2Cc2ccccc2)c(C)c1. The van der Waals surface area contributed by atoms with Crippen molar-refractivity contribution in [1.82, 2.24) is 14.8 Å². The zero-order valence-electron chi connectivity index (χ0n) is 17.9. The van der Waals surface area contributed by atoms with Gasteiger partial charge in [-0.2, -0.15) is 0 Å². The molecule has 0 aliphatic carbocycles. The third-order valence-corrected chi connectivity index (χ3v) is 6.30. The van der Waals surface area contributed by atoms with Crippen LogP contribution < -0.4 is 5.32 Å². The number of aromatic nitrogens is 3. The Morgan fingerprint density at radius 3 is 2.50 bits per heavy atom. The monoisotopic (exact) mass is 462 g/mol. The standard InChI is InChI=1S/C25H23ClN4OS/c1-17-12-13-22(18(2)14-17)27-23(31)16-32-25-29-28-24(20-10-6-7-11-21(20)26)30(25)15-19-8-4-3-5-9-19/h3-14H,15-16H2,1-2H3,(H,27,31). The number of nitrogens with zero attached hydrogens (tertiary/aromatic N) is 3. The van der Waals surface area contributed by atoms with Crippen LogP contribution in [0.1, 0.15) is 16.7 Å². The van der Waals surface area contributed by atoms with Gasteiger partial charge in [0, 0.05) is 11.3 Å². The summed E-state index contributed by atoms with van der Waals surface area (Å²) in [6, 6.07) is 23.6. The fourth-order valence-electron chi connectivity index (χ4n) is 3.42. The van der Waals surface area contributed by atoms with Crippen molar-refractivity contribution >= 4 is 35.0 Å². The summed E-state index contributed by atoms with van der Waals surface area (Å²) in [5.74, 6) is 0.815. The molecule has 5 nitrogen and oxygen atoms in total. The van der Waals surface area contributed by atoms with Crippen LogP contribution in [-0.4, -0.2) is 26.4 Å². The molecule has 7 heteroatoms. The van der Waals surface area contributed by atoms with E-state index >= 15 is 0 Å². The molecule has 0 aliphatic rings. The molecular weight excluding hydrogens is 440 g/mol. The fourth-order valence-corrected chi connectivity index (χ4v) is 4.37. The maximum atomic E-state index is 12.6. The predicted octanol–water partition coefficient (Wildman–Crippen LogP) is 5.99. The van der Waals surface area contributed by atoms with Gasteiger partial charge in [-0.05, 0) is 43.2 Å². The molecule has 0 radical (unpaired) electrons. The lowest BCUT2D eigenvalue weighted by atomic mass is 10.1.